The molecule has 0 radical (unpaired) electrons. The van der Waals surface area contributed by atoms with Crippen LogP contribution in [0.1, 0.15) is 10.4 Å². The van der Waals surface area contributed by atoms with E-state index < -0.39 is 0 Å². The molecular weight excluding hydrogens is 270 g/mol. The molecule has 1 aromatic carbocycles. The summed E-state index contributed by atoms with van der Waals surface area (Å²) in [6.07, 6.45) is 0. The van der Waals surface area contributed by atoms with Crippen LogP contribution < -0.4 is 5.73 Å². The van der Waals surface area contributed by atoms with E-state index in [1.54, 1.807) is 11.3 Å². The first kappa shape index (κ1) is 10.7. The lowest BCUT2D eigenvalue weighted by molar-refractivity contribution is 1.43. The Hall–Kier alpha value is -0.800. The van der Waals surface area contributed by atoms with Gasteiger partial charge in [0.15, 0.2) is 0 Å². The Morgan fingerprint density at radius 1 is 1.13 bits per heavy atom. The number of hydrogen-bond donors (Lipinski definition) is 1. The maximum absolute atomic E-state index is 6.02. The monoisotopic (exact) mass is 281 g/mol. The zero-order valence-corrected chi connectivity index (χ0v) is 11.1. The normalized spacial score (nSPS) is 10.6. The fourth-order valence-electron chi connectivity index (χ4n) is 1.63. The molecule has 15 heavy (non-hydrogen) atoms. The van der Waals surface area contributed by atoms with Crippen molar-refractivity contribution in [1.82, 2.24) is 0 Å². The van der Waals surface area contributed by atoms with E-state index in [0.29, 0.717) is 0 Å². The molecule has 1 aromatic heterocycles. The van der Waals surface area contributed by atoms with E-state index in [0.717, 1.165) is 9.47 Å². The van der Waals surface area contributed by atoms with E-state index in [9.17, 15) is 0 Å². The molecule has 2 aromatic rings. The zero-order valence-electron chi connectivity index (χ0n) is 8.67. The molecule has 78 valence electrons. The molecule has 0 aliphatic carbocycles. The van der Waals surface area contributed by atoms with Gasteiger partial charge in [-0.25, -0.2) is 0 Å². The zero-order chi connectivity index (χ0) is 11.0. The highest BCUT2D eigenvalue weighted by atomic mass is 79.9. The Bertz CT molecular complexity index is 485. The van der Waals surface area contributed by atoms with Gasteiger partial charge in [-0.3, -0.25) is 0 Å². The third-order valence-electron chi connectivity index (χ3n) is 2.55. The summed E-state index contributed by atoms with van der Waals surface area (Å²) in [5.74, 6) is 0. The van der Waals surface area contributed by atoms with E-state index in [1.165, 1.54) is 21.6 Å². The molecule has 0 spiro atoms. The van der Waals surface area contributed by atoms with Gasteiger partial charge in [0.25, 0.3) is 0 Å². The number of thiophene rings is 1. The Balaban J connectivity index is 2.58. The summed E-state index contributed by atoms with van der Waals surface area (Å²) in [5, 5.41) is 0.910. The molecule has 0 amide bonds. The van der Waals surface area contributed by atoms with E-state index in [2.05, 4.69) is 41.9 Å². The first-order chi connectivity index (χ1) is 7.09. The van der Waals surface area contributed by atoms with Gasteiger partial charge in [-0.2, -0.15) is 0 Å². The van der Waals surface area contributed by atoms with Crippen LogP contribution >= 0.6 is 27.3 Å². The Morgan fingerprint density at radius 3 is 2.20 bits per heavy atom. The second-order valence-corrected chi connectivity index (χ2v) is 5.70. The molecule has 2 rings (SSSR count). The quantitative estimate of drug-likeness (QED) is 0.825. The Labute approximate surface area is 102 Å². The average molecular weight is 282 g/mol. The van der Waals surface area contributed by atoms with Crippen molar-refractivity contribution in [3.05, 3.63) is 39.2 Å². The van der Waals surface area contributed by atoms with Crippen molar-refractivity contribution in [1.29, 1.82) is 0 Å². The second kappa shape index (κ2) is 3.99. The van der Waals surface area contributed by atoms with Gasteiger partial charge in [0.2, 0.25) is 0 Å². The average Bonchev–Trinajstić information content (AvgIpc) is 2.44. The van der Waals surface area contributed by atoms with Gasteiger partial charge in [0.1, 0.15) is 0 Å². The second-order valence-electron chi connectivity index (χ2n) is 3.53. The van der Waals surface area contributed by atoms with Crippen molar-refractivity contribution in [2.75, 3.05) is 5.73 Å². The van der Waals surface area contributed by atoms with Gasteiger partial charge >= 0.3 is 0 Å². The van der Waals surface area contributed by atoms with Crippen LogP contribution in [0.4, 0.5) is 5.00 Å². The highest BCUT2D eigenvalue weighted by Gasteiger charge is 2.11. The number of halogens is 1. The van der Waals surface area contributed by atoms with Crippen molar-refractivity contribution in [2.45, 2.75) is 13.8 Å². The largest absolute Gasteiger partial charge is 0.390 e. The summed E-state index contributed by atoms with van der Waals surface area (Å²) in [7, 11) is 0. The van der Waals surface area contributed by atoms with Gasteiger partial charge in [-0.15, -0.1) is 11.3 Å². The van der Waals surface area contributed by atoms with E-state index >= 15 is 0 Å². The van der Waals surface area contributed by atoms with Crippen LogP contribution in [0.3, 0.4) is 0 Å². The molecule has 3 heteroatoms. The van der Waals surface area contributed by atoms with E-state index in [-0.39, 0.29) is 0 Å². The van der Waals surface area contributed by atoms with E-state index in [4.69, 9.17) is 5.73 Å². The third-order valence-corrected chi connectivity index (χ3v) is 4.11. The highest BCUT2D eigenvalue weighted by Crippen LogP contribution is 2.38. The molecule has 0 saturated carbocycles. The minimum absolute atomic E-state index is 0.910. The molecule has 0 unspecified atom stereocenters. The molecule has 0 aliphatic heterocycles. The van der Waals surface area contributed by atoms with Crippen LogP contribution in [0.25, 0.3) is 11.1 Å². The van der Waals surface area contributed by atoms with Gasteiger partial charge < -0.3 is 5.73 Å². The van der Waals surface area contributed by atoms with Crippen LogP contribution in [0.2, 0.25) is 0 Å². The maximum Gasteiger partial charge on any atom is 0.0941 e. The lowest BCUT2D eigenvalue weighted by atomic mass is 10.0. The number of benzene rings is 1. The first-order valence-corrected chi connectivity index (χ1v) is 6.32. The molecule has 1 nitrogen and oxygen atoms in total. The molecule has 0 aliphatic rings. The number of rotatable bonds is 1. The summed E-state index contributed by atoms with van der Waals surface area (Å²) < 4.78 is 1.09. The molecule has 0 saturated heterocycles. The molecular formula is C12H12BrNS. The van der Waals surface area contributed by atoms with Gasteiger partial charge in [0.05, 0.1) is 5.00 Å². The summed E-state index contributed by atoms with van der Waals surface area (Å²) in [4.78, 5) is 1.30. The first-order valence-electron chi connectivity index (χ1n) is 4.71. The maximum atomic E-state index is 6.02. The third kappa shape index (κ3) is 1.94. The fourth-order valence-corrected chi connectivity index (χ4v) is 2.85. The fraction of sp³-hybridized carbons (Fsp3) is 0.167. The SMILES string of the molecule is Cc1sc(N)c(-c2ccc(Br)cc2)c1C. The summed E-state index contributed by atoms with van der Waals surface area (Å²) >= 11 is 5.09. The summed E-state index contributed by atoms with van der Waals surface area (Å²) in [5.41, 5.74) is 9.69. The van der Waals surface area contributed by atoms with Crippen LogP contribution in [-0.2, 0) is 0 Å². The smallest absolute Gasteiger partial charge is 0.0941 e. The summed E-state index contributed by atoms with van der Waals surface area (Å²) in [6.45, 7) is 4.23. The predicted molar refractivity (Wildman–Crippen MR) is 71.3 cm³/mol. The number of nitrogen functional groups attached to an aromatic ring is 1. The number of anilines is 1. The number of nitrogens with two attached hydrogens (primary N) is 1. The van der Waals surface area contributed by atoms with Crippen molar-refractivity contribution in [3.63, 3.8) is 0 Å². The minimum atomic E-state index is 0.910. The Kier molecular flexibility index (Phi) is 2.85. The van der Waals surface area contributed by atoms with Crippen LogP contribution in [0, 0.1) is 13.8 Å². The van der Waals surface area contributed by atoms with Crippen molar-refractivity contribution in [2.24, 2.45) is 0 Å². The van der Waals surface area contributed by atoms with Gasteiger partial charge in [-0.1, -0.05) is 28.1 Å². The van der Waals surface area contributed by atoms with Crippen molar-refractivity contribution < 1.29 is 0 Å². The van der Waals surface area contributed by atoms with Gasteiger partial charge in [0, 0.05) is 14.9 Å². The number of hydrogen-bond acceptors (Lipinski definition) is 2. The molecule has 1 heterocycles. The lowest BCUT2D eigenvalue weighted by Crippen LogP contribution is -1.85. The Morgan fingerprint density at radius 2 is 1.73 bits per heavy atom. The topological polar surface area (TPSA) is 26.0 Å². The summed E-state index contributed by atoms with van der Waals surface area (Å²) in [6, 6.07) is 8.27. The lowest BCUT2D eigenvalue weighted by Gasteiger charge is -2.02. The van der Waals surface area contributed by atoms with Crippen LogP contribution in [0.15, 0.2) is 28.7 Å². The van der Waals surface area contributed by atoms with Crippen molar-refractivity contribution >= 4 is 32.3 Å². The van der Waals surface area contributed by atoms with Gasteiger partial charge in [-0.05, 0) is 37.1 Å². The highest BCUT2D eigenvalue weighted by molar-refractivity contribution is 9.10. The predicted octanol–water partition coefficient (Wildman–Crippen LogP) is 4.38. The van der Waals surface area contributed by atoms with Crippen LogP contribution in [0.5, 0.6) is 0 Å². The molecule has 0 atom stereocenters. The standard InChI is InChI=1S/C12H12BrNS/c1-7-8(2)15-12(14)11(7)9-3-5-10(13)6-4-9/h3-6H,14H2,1-2H3. The van der Waals surface area contributed by atoms with Crippen molar-refractivity contribution in [3.8, 4) is 11.1 Å². The molecule has 0 fully saturated rings. The molecule has 0 bridgehead atoms. The van der Waals surface area contributed by atoms with Crippen LogP contribution in [-0.4, -0.2) is 0 Å². The number of aryl methyl sites for hydroxylation is 1. The van der Waals surface area contributed by atoms with E-state index in [1.807, 2.05) is 12.1 Å². The molecule has 2 N–H and O–H groups in total. The minimum Gasteiger partial charge on any atom is -0.390 e.